The van der Waals surface area contributed by atoms with E-state index in [0.29, 0.717) is 5.56 Å². The van der Waals surface area contributed by atoms with Crippen LogP contribution in [0.5, 0.6) is 0 Å². The number of nitrogens with zero attached hydrogens (tertiary/aromatic N) is 2. The zero-order valence-electron chi connectivity index (χ0n) is 12.0. The Balaban J connectivity index is 2.68. The fourth-order valence-corrected chi connectivity index (χ4v) is 2.40. The average Bonchev–Trinajstić information content (AvgIpc) is 2.46. The van der Waals surface area contributed by atoms with Crippen LogP contribution in [0.4, 0.5) is 0 Å². The van der Waals surface area contributed by atoms with Gasteiger partial charge < -0.3 is 5.11 Å². The van der Waals surface area contributed by atoms with Gasteiger partial charge in [0.25, 0.3) is 0 Å². The summed E-state index contributed by atoms with van der Waals surface area (Å²) < 4.78 is 1.46. The summed E-state index contributed by atoms with van der Waals surface area (Å²) in [4.78, 5) is 24.4. The predicted octanol–water partition coefficient (Wildman–Crippen LogP) is 2.78. The van der Waals surface area contributed by atoms with Crippen molar-refractivity contribution in [3.8, 4) is 5.69 Å². The lowest BCUT2D eigenvalue weighted by molar-refractivity contribution is 0.0686. The van der Waals surface area contributed by atoms with Gasteiger partial charge in [-0.15, -0.1) is 11.8 Å². The number of thioether (sulfide) groups is 1. The van der Waals surface area contributed by atoms with Crippen LogP contribution in [0.15, 0.2) is 40.2 Å². The van der Waals surface area contributed by atoms with Gasteiger partial charge in [-0.25, -0.2) is 9.48 Å². The number of rotatable bonds is 4. The van der Waals surface area contributed by atoms with Crippen LogP contribution < -0.4 is 5.43 Å². The Morgan fingerprint density at radius 2 is 2.10 bits per heavy atom. The number of carboxylic acid groups (broad SMARTS) is 1. The molecule has 0 aliphatic rings. The quantitative estimate of drug-likeness (QED) is 0.879. The van der Waals surface area contributed by atoms with Crippen LogP contribution in [0.25, 0.3) is 5.69 Å². The normalized spacial score (nSPS) is 10.9. The van der Waals surface area contributed by atoms with E-state index in [1.807, 2.05) is 44.4 Å². The zero-order chi connectivity index (χ0) is 15.6. The Labute approximate surface area is 126 Å². The van der Waals surface area contributed by atoms with Gasteiger partial charge in [-0.1, -0.05) is 19.9 Å². The molecule has 0 bridgehead atoms. The van der Waals surface area contributed by atoms with Crippen LogP contribution in [0.1, 0.15) is 35.8 Å². The van der Waals surface area contributed by atoms with Gasteiger partial charge in [-0.05, 0) is 30.4 Å². The number of aromatic carboxylic acids is 1. The molecule has 1 N–H and O–H groups in total. The molecule has 21 heavy (non-hydrogen) atoms. The smallest absolute Gasteiger partial charge is 0.360 e. The molecule has 2 aromatic rings. The molecule has 0 spiro atoms. The Morgan fingerprint density at radius 3 is 2.67 bits per heavy atom. The van der Waals surface area contributed by atoms with Crippen LogP contribution >= 0.6 is 11.8 Å². The first-order valence-corrected chi connectivity index (χ1v) is 7.68. The highest BCUT2D eigenvalue weighted by atomic mass is 32.2. The van der Waals surface area contributed by atoms with Crippen molar-refractivity contribution in [1.82, 2.24) is 9.78 Å². The Bertz CT molecular complexity index is 738. The Kier molecular flexibility index (Phi) is 4.47. The maximum Gasteiger partial charge on any atom is 0.360 e. The summed E-state index contributed by atoms with van der Waals surface area (Å²) in [6.45, 7) is 3.70. The molecule has 2 rings (SSSR count). The van der Waals surface area contributed by atoms with Crippen molar-refractivity contribution in [2.45, 2.75) is 24.7 Å². The first kappa shape index (κ1) is 15.3. The van der Waals surface area contributed by atoms with Crippen molar-refractivity contribution in [2.75, 3.05) is 6.26 Å². The monoisotopic (exact) mass is 304 g/mol. The third-order valence-corrected chi connectivity index (χ3v) is 3.81. The van der Waals surface area contributed by atoms with Gasteiger partial charge in [0.1, 0.15) is 0 Å². The topological polar surface area (TPSA) is 72.2 Å². The standard InChI is InChI=1S/C15H16N2O3S/c1-9(2)12-8-17(16-13(14(12)18)15(19)20)10-5-4-6-11(7-10)21-3/h4-9H,1-3H3,(H,19,20). The van der Waals surface area contributed by atoms with Gasteiger partial charge >= 0.3 is 5.97 Å². The van der Waals surface area contributed by atoms with Crippen molar-refractivity contribution >= 4 is 17.7 Å². The molecule has 0 saturated heterocycles. The van der Waals surface area contributed by atoms with Gasteiger partial charge in [-0.2, -0.15) is 5.10 Å². The van der Waals surface area contributed by atoms with Crippen molar-refractivity contribution in [2.24, 2.45) is 0 Å². The van der Waals surface area contributed by atoms with Gasteiger partial charge in [0, 0.05) is 16.7 Å². The summed E-state index contributed by atoms with van der Waals surface area (Å²) in [6.07, 6.45) is 3.57. The molecule has 0 radical (unpaired) electrons. The number of benzene rings is 1. The predicted molar refractivity (Wildman–Crippen MR) is 82.7 cm³/mol. The van der Waals surface area contributed by atoms with Crippen LogP contribution in [-0.4, -0.2) is 27.1 Å². The maximum absolute atomic E-state index is 12.1. The Morgan fingerprint density at radius 1 is 1.38 bits per heavy atom. The van der Waals surface area contributed by atoms with Gasteiger partial charge in [0.15, 0.2) is 0 Å². The fourth-order valence-electron chi connectivity index (χ4n) is 1.95. The third kappa shape index (κ3) is 3.16. The Hall–Kier alpha value is -2.08. The number of aromatic nitrogens is 2. The van der Waals surface area contributed by atoms with Crippen molar-refractivity contribution < 1.29 is 9.90 Å². The highest BCUT2D eigenvalue weighted by molar-refractivity contribution is 7.98. The molecule has 6 heteroatoms. The lowest BCUT2D eigenvalue weighted by atomic mass is 10.0. The van der Waals surface area contributed by atoms with Gasteiger partial charge in [0.05, 0.1) is 5.69 Å². The van der Waals surface area contributed by atoms with Crippen LogP contribution in [0.2, 0.25) is 0 Å². The van der Waals surface area contributed by atoms with E-state index in [1.54, 1.807) is 18.0 Å². The summed E-state index contributed by atoms with van der Waals surface area (Å²) in [6, 6.07) is 7.55. The van der Waals surface area contributed by atoms with Gasteiger partial charge in [0.2, 0.25) is 11.1 Å². The van der Waals surface area contributed by atoms with E-state index >= 15 is 0 Å². The fraction of sp³-hybridized carbons (Fsp3) is 0.267. The molecule has 0 saturated carbocycles. The molecule has 0 aliphatic carbocycles. The number of carboxylic acids is 1. The highest BCUT2D eigenvalue weighted by Gasteiger charge is 2.18. The molecule has 1 aromatic carbocycles. The second kappa shape index (κ2) is 6.13. The molecular weight excluding hydrogens is 288 g/mol. The average molecular weight is 304 g/mol. The van der Waals surface area contributed by atoms with E-state index in [0.717, 1.165) is 10.6 Å². The molecule has 0 amide bonds. The first-order valence-electron chi connectivity index (χ1n) is 6.45. The minimum atomic E-state index is -1.31. The number of hydrogen-bond donors (Lipinski definition) is 1. The molecule has 5 nitrogen and oxygen atoms in total. The molecule has 0 atom stereocenters. The minimum Gasteiger partial charge on any atom is -0.476 e. The van der Waals surface area contributed by atoms with Crippen LogP contribution in [-0.2, 0) is 0 Å². The maximum atomic E-state index is 12.1. The molecule has 0 fully saturated rings. The van der Waals surface area contributed by atoms with E-state index < -0.39 is 17.1 Å². The summed E-state index contributed by atoms with van der Waals surface area (Å²) in [7, 11) is 0. The van der Waals surface area contributed by atoms with Crippen LogP contribution in [0, 0.1) is 0 Å². The molecule has 0 unspecified atom stereocenters. The van der Waals surface area contributed by atoms with Crippen molar-refractivity contribution in [3.05, 3.63) is 51.9 Å². The molecular formula is C15H16N2O3S. The van der Waals surface area contributed by atoms with Gasteiger partial charge in [-0.3, -0.25) is 4.79 Å². The SMILES string of the molecule is CSc1cccc(-n2cc(C(C)C)c(=O)c(C(=O)O)n2)c1. The molecule has 1 aromatic heterocycles. The second-order valence-corrected chi connectivity index (χ2v) is 5.75. The lowest BCUT2D eigenvalue weighted by Gasteiger charge is -2.12. The van der Waals surface area contributed by atoms with E-state index in [4.69, 9.17) is 5.11 Å². The zero-order valence-corrected chi connectivity index (χ0v) is 12.8. The minimum absolute atomic E-state index is 0.0754. The van der Waals surface area contributed by atoms with E-state index in [2.05, 4.69) is 5.10 Å². The van der Waals surface area contributed by atoms with Crippen LogP contribution in [0.3, 0.4) is 0 Å². The van der Waals surface area contributed by atoms with Crippen molar-refractivity contribution in [1.29, 1.82) is 0 Å². The highest BCUT2D eigenvalue weighted by Crippen LogP contribution is 2.19. The molecule has 0 aliphatic heterocycles. The largest absolute Gasteiger partial charge is 0.476 e. The number of hydrogen-bond acceptors (Lipinski definition) is 4. The summed E-state index contributed by atoms with van der Waals surface area (Å²) >= 11 is 1.58. The summed E-state index contributed by atoms with van der Waals surface area (Å²) in [5.74, 6) is -1.38. The van der Waals surface area contributed by atoms with E-state index in [-0.39, 0.29) is 5.92 Å². The first-order chi connectivity index (χ1) is 9.93. The lowest BCUT2D eigenvalue weighted by Crippen LogP contribution is -2.25. The van der Waals surface area contributed by atoms with E-state index in [1.165, 1.54) is 4.68 Å². The molecule has 110 valence electrons. The van der Waals surface area contributed by atoms with E-state index in [9.17, 15) is 9.59 Å². The molecule has 1 heterocycles. The summed E-state index contributed by atoms with van der Waals surface area (Å²) in [5.41, 5.74) is 0.203. The number of carbonyl (C=O) groups is 1. The third-order valence-electron chi connectivity index (χ3n) is 3.09. The second-order valence-electron chi connectivity index (χ2n) is 4.87. The summed E-state index contributed by atoms with van der Waals surface area (Å²) in [5, 5.41) is 13.1. The van der Waals surface area contributed by atoms with Crippen molar-refractivity contribution in [3.63, 3.8) is 0 Å².